The number of hydrogen-bond donors (Lipinski definition) is 1. The van der Waals surface area contributed by atoms with Crippen LogP contribution in [0.3, 0.4) is 0 Å². The number of carboxylic acid groups (broad SMARTS) is 1. The number of alkyl halides is 3. The zero-order chi connectivity index (χ0) is 45.8. The van der Waals surface area contributed by atoms with Crippen LogP contribution in [0, 0.1) is 12.7 Å². The predicted octanol–water partition coefficient (Wildman–Crippen LogP) is 8.45. The maximum absolute atomic E-state index is 14.4. The van der Waals surface area contributed by atoms with Gasteiger partial charge in [0.2, 0.25) is 17.9 Å². The highest BCUT2D eigenvalue weighted by molar-refractivity contribution is 7.22. The molecule has 1 N–H and O–H groups in total. The summed E-state index contributed by atoms with van der Waals surface area (Å²) in [6, 6.07) is 15.8. The molecule has 9 rings (SSSR count). The first kappa shape index (κ1) is 45.3. The fourth-order valence-electron chi connectivity index (χ4n) is 7.83. The van der Waals surface area contributed by atoms with Gasteiger partial charge in [-0.2, -0.15) is 18.2 Å². The number of carbonyl (C=O) groups is 3. The molecule has 1 amide bonds. The fourth-order valence-corrected chi connectivity index (χ4v) is 9.21. The van der Waals surface area contributed by atoms with E-state index >= 15 is 0 Å². The summed E-state index contributed by atoms with van der Waals surface area (Å²) in [4.78, 5) is 61.9. The number of thiophene rings is 1. The number of halogens is 5. The Kier molecular flexibility index (Phi) is 13.6. The summed E-state index contributed by atoms with van der Waals surface area (Å²) in [6.45, 7) is 2.86. The average Bonchev–Trinajstić information content (AvgIpc) is 3.66. The molecule has 3 aromatic heterocycles. The lowest BCUT2D eigenvalue weighted by atomic mass is 9.94. The Morgan fingerprint density at radius 1 is 1.00 bits per heavy atom. The van der Waals surface area contributed by atoms with Crippen LogP contribution in [-0.4, -0.2) is 97.6 Å². The molecule has 3 aromatic carbocycles. The van der Waals surface area contributed by atoms with Crippen molar-refractivity contribution in [2.75, 3.05) is 32.8 Å². The van der Waals surface area contributed by atoms with Crippen molar-refractivity contribution in [2.24, 2.45) is 0 Å². The highest BCUT2D eigenvalue weighted by Gasteiger charge is 2.30. The fraction of sp³-hybridized carbons (Fsp3) is 0.326. The molecule has 13 nitrogen and oxygen atoms in total. The van der Waals surface area contributed by atoms with Crippen molar-refractivity contribution in [1.82, 2.24) is 29.7 Å². The highest BCUT2D eigenvalue weighted by Crippen LogP contribution is 2.49. The Morgan fingerprint density at radius 3 is 2.58 bits per heavy atom. The monoisotopic (exact) mass is 932 g/mol. The number of amides is 1. The number of piperidine rings is 1. The summed E-state index contributed by atoms with van der Waals surface area (Å²) in [5.41, 5.74) is 4.40. The molecular weight excluding hydrogens is 892 g/mol. The quantitative estimate of drug-likeness (QED) is 0.124. The number of ether oxygens (including phenoxy) is 3. The lowest BCUT2D eigenvalue weighted by Gasteiger charge is -2.30. The Hall–Kier alpha value is -6.24. The van der Waals surface area contributed by atoms with Gasteiger partial charge < -0.3 is 24.2 Å². The standard InChI is InChI=1S/C46H41ClF4N6O7S/c1-26-34-10-7-29(40(26)47)22-57(17-16-56-15-2-3-33(58)23-56)37(59)20-27-4-11-35(63-24-32-12-14-52-45(55-32)62-18-13-46(49,50)51)30(19-27)21-36(44(60)61)64-42-39-38(34)41(65-43(39)54-25-53-42)28-5-8-31(48)9-6-28/h4-12,14,19,25,36H,2-3,13,15-18,20-24H2,1H3,(H,60,61)/t36-/m1/s1. The van der Waals surface area contributed by atoms with Crippen molar-refractivity contribution in [3.05, 3.63) is 112 Å². The van der Waals surface area contributed by atoms with Crippen LogP contribution in [0.1, 0.15) is 47.2 Å². The van der Waals surface area contributed by atoms with E-state index in [1.807, 2.05) is 24.0 Å². The van der Waals surface area contributed by atoms with Gasteiger partial charge in [0.05, 0.1) is 30.5 Å². The molecule has 65 heavy (non-hydrogen) atoms. The number of aromatic nitrogens is 4. The third-order valence-electron chi connectivity index (χ3n) is 11.1. The zero-order valence-electron chi connectivity index (χ0n) is 34.9. The average molecular weight is 933 g/mol. The van der Waals surface area contributed by atoms with E-state index in [-0.39, 0.29) is 67.6 Å². The second-order valence-electron chi connectivity index (χ2n) is 15.7. The van der Waals surface area contributed by atoms with Crippen molar-refractivity contribution >= 4 is 50.8 Å². The summed E-state index contributed by atoms with van der Waals surface area (Å²) >= 11 is 8.52. The van der Waals surface area contributed by atoms with Crippen molar-refractivity contribution in [3.63, 3.8) is 0 Å². The highest BCUT2D eigenvalue weighted by atomic mass is 35.5. The number of fused-ring (bicyclic) bond motifs is 7. The van der Waals surface area contributed by atoms with Gasteiger partial charge in [-0.1, -0.05) is 48.0 Å². The maximum Gasteiger partial charge on any atom is 0.392 e. The molecule has 0 spiro atoms. The van der Waals surface area contributed by atoms with Gasteiger partial charge in [0.25, 0.3) is 0 Å². The molecule has 0 unspecified atom stereocenters. The third kappa shape index (κ3) is 10.8. The normalized spacial score (nSPS) is 16.1. The largest absolute Gasteiger partial charge is 0.487 e. The number of carbonyl (C=O) groups excluding carboxylic acids is 2. The first-order valence-corrected chi connectivity index (χ1v) is 21.9. The van der Waals surface area contributed by atoms with Crippen LogP contribution in [0.15, 0.2) is 73.2 Å². The third-order valence-corrected chi connectivity index (χ3v) is 12.8. The van der Waals surface area contributed by atoms with Crippen LogP contribution in [0.2, 0.25) is 5.02 Å². The van der Waals surface area contributed by atoms with Gasteiger partial charge in [-0.3, -0.25) is 14.5 Å². The molecule has 3 aliphatic heterocycles. The van der Waals surface area contributed by atoms with Crippen molar-refractivity contribution in [3.8, 4) is 39.2 Å². The second kappa shape index (κ2) is 19.5. The molecule has 3 aliphatic rings. The molecule has 1 fully saturated rings. The Balaban J connectivity index is 1.21. The van der Waals surface area contributed by atoms with Crippen LogP contribution in [0.25, 0.3) is 31.8 Å². The van der Waals surface area contributed by atoms with E-state index in [9.17, 15) is 37.1 Å². The molecule has 6 aromatic rings. The van der Waals surface area contributed by atoms with E-state index in [1.54, 1.807) is 35.2 Å². The number of aliphatic carboxylic acids is 1. The lowest BCUT2D eigenvalue weighted by molar-refractivity contribution is -0.145. The molecule has 338 valence electrons. The Bertz CT molecular complexity index is 2760. The number of benzene rings is 3. The van der Waals surface area contributed by atoms with Gasteiger partial charge >= 0.3 is 18.2 Å². The predicted molar refractivity (Wildman–Crippen MR) is 233 cm³/mol. The molecular formula is C46H41ClF4N6O7S. The van der Waals surface area contributed by atoms with Crippen LogP contribution < -0.4 is 14.2 Å². The maximum atomic E-state index is 14.4. The van der Waals surface area contributed by atoms with E-state index < -0.39 is 37.1 Å². The summed E-state index contributed by atoms with van der Waals surface area (Å²) in [5, 5.41) is 11.5. The Morgan fingerprint density at radius 2 is 1.82 bits per heavy atom. The van der Waals surface area contributed by atoms with Crippen molar-refractivity contribution < 1.29 is 51.3 Å². The lowest BCUT2D eigenvalue weighted by Crippen LogP contribution is -2.43. The van der Waals surface area contributed by atoms with Crippen molar-refractivity contribution in [1.29, 1.82) is 0 Å². The summed E-state index contributed by atoms with van der Waals surface area (Å²) in [7, 11) is 0. The Labute approximate surface area is 379 Å². The van der Waals surface area contributed by atoms with Crippen LogP contribution in [0.5, 0.6) is 17.6 Å². The molecule has 0 radical (unpaired) electrons. The van der Waals surface area contributed by atoms with Gasteiger partial charge in [0.15, 0.2) is 0 Å². The van der Waals surface area contributed by atoms with Gasteiger partial charge in [0, 0.05) is 54.1 Å². The first-order valence-electron chi connectivity index (χ1n) is 20.7. The molecule has 1 saturated heterocycles. The number of likely N-dealkylation sites (tertiary alicyclic amines) is 1. The molecule has 6 heterocycles. The summed E-state index contributed by atoms with van der Waals surface area (Å²) in [6.07, 6.45) is -3.71. The number of Topliss-reactive ketones (excluding diaryl/α,β-unsaturated/α-hetero) is 1. The first-order chi connectivity index (χ1) is 31.2. The second-order valence-corrected chi connectivity index (χ2v) is 17.1. The smallest absolute Gasteiger partial charge is 0.392 e. The molecule has 4 bridgehead atoms. The molecule has 0 saturated carbocycles. The summed E-state index contributed by atoms with van der Waals surface area (Å²) < 4.78 is 70.1. The summed E-state index contributed by atoms with van der Waals surface area (Å²) in [5.74, 6) is -1.67. The van der Waals surface area contributed by atoms with Crippen LogP contribution >= 0.6 is 22.9 Å². The molecule has 1 atom stereocenters. The van der Waals surface area contributed by atoms with E-state index in [4.69, 9.17) is 25.8 Å². The van der Waals surface area contributed by atoms with Crippen molar-refractivity contribution in [2.45, 2.75) is 64.5 Å². The number of carboxylic acids is 1. The minimum atomic E-state index is -4.43. The number of hydrogen-bond acceptors (Lipinski definition) is 12. The number of ketones is 1. The van der Waals surface area contributed by atoms with E-state index in [0.29, 0.717) is 78.6 Å². The molecule has 0 aliphatic carbocycles. The van der Waals surface area contributed by atoms with Gasteiger partial charge in [0.1, 0.15) is 41.7 Å². The van der Waals surface area contributed by atoms with E-state index in [2.05, 4.69) is 19.9 Å². The minimum Gasteiger partial charge on any atom is -0.487 e. The van der Waals surface area contributed by atoms with E-state index in [1.165, 1.54) is 42.1 Å². The van der Waals surface area contributed by atoms with Gasteiger partial charge in [-0.15, -0.1) is 11.3 Å². The minimum absolute atomic E-state index is 0.0267. The van der Waals surface area contributed by atoms with Gasteiger partial charge in [-0.25, -0.2) is 24.1 Å². The number of rotatable bonds is 11. The SMILES string of the molecule is Cc1c2ccc(c1Cl)CN(CCN1CCCC(=O)C1)C(=O)Cc1ccc(OCc3ccnc(OCCC(F)(F)F)n3)c(c1)C[C@H](C(=O)O)Oc1ncnc3sc(-c4ccc(F)cc4)c-2c13. The number of nitrogens with zero attached hydrogens (tertiary/aromatic N) is 6. The van der Waals surface area contributed by atoms with E-state index in [0.717, 1.165) is 13.0 Å². The van der Waals surface area contributed by atoms with Crippen LogP contribution in [-0.2, 0) is 40.4 Å². The molecule has 19 heteroatoms. The zero-order valence-corrected chi connectivity index (χ0v) is 36.4. The van der Waals surface area contributed by atoms with Crippen LogP contribution in [0.4, 0.5) is 17.6 Å². The topological polar surface area (TPSA) is 157 Å². The van der Waals surface area contributed by atoms with Gasteiger partial charge in [-0.05, 0) is 77.5 Å².